The molecule has 0 aromatic carbocycles. The maximum Gasteiger partial charge on any atom is 0.136 e. The molecule has 0 saturated heterocycles. The van der Waals surface area contributed by atoms with E-state index in [0.29, 0.717) is 12.2 Å². The molecule has 0 aliphatic heterocycles. The fourth-order valence-corrected chi connectivity index (χ4v) is 1.46. The molecule has 14 heavy (non-hydrogen) atoms. The number of Topliss-reactive ketones (excluding diaryl/α,β-unsaturated/α-hetero) is 1. The molecule has 0 amide bonds. The number of carbonyl (C=O) groups excluding carboxylic acids is 1. The van der Waals surface area contributed by atoms with Gasteiger partial charge in [0.15, 0.2) is 0 Å². The highest BCUT2D eigenvalue weighted by Gasteiger charge is 2.24. The van der Waals surface area contributed by atoms with Crippen LogP contribution in [-0.2, 0) is 9.53 Å². The highest BCUT2D eigenvalue weighted by molar-refractivity contribution is 5.79. The third-order valence-electron chi connectivity index (χ3n) is 2.58. The first-order chi connectivity index (χ1) is 6.39. The molecule has 0 aromatic heterocycles. The van der Waals surface area contributed by atoms with E-state index in [0.717, 1.165) is 25.0 Å². The second-order valence-corrected chi connectivity index (χ2v) is 5.05. The Morgan fingerprint density at radius 1 is 1.50 bits per heavy atom. The first-order valence-electron chi connectivity index (χ1n) is 5.27. The molecule has 80 valence electrons. The van der Waals surface area contributed by atoms with Gasteiger partial charge in [0.2, 0.25) is 0 Å². The standard InChI is InChI=1S/C12H20O2/c1-9(12(2,3)4)14-11-7-5-6-10(13)8-11/h11H,1,5-8H2,2-4H3. The van der Waals surface area contributed by atoms with Crippen molar-refractivity contribution >= 4 is 5.78 Å². The Kier molecular flexibility index (Phi) is 3.35. The maximum absolute atomic E-state index is 11.2. The summed E-state index contributed by atoms with van der Waals surface area (Å²) >= 11 is 0. The van der Waals surface area contributed by atoms with E-state index in [1.54, 1.807) is 0 Å². The number of hydrogen-bond donors (Lipinski definition) is 0. The Labute approximate surface area is 86.3 Å². The predicted octanol–water partition coefficient (Wildman–Crippen LogP) is 3.07. The van der Waals surface area contributed by atoms with E-state index in [2.05, 4.69) is 27.4 Å². The molecule has 0 N–H and O–H groups in total. The van der Waals surface area contributed by atoms with Crippen molar-refractivity contribution in [3.8, 4) is 0 Å². The van der Waals surface area contributed by atoms with Gasteiger partial charge in [-0.05, 0) is 12.8 Å². The van der Waals surface area contributed by atoms with E-state index in [4.69, 9.17) is 4.74 Å². The Morgan fingerprint density at radius 2 is 2.14 bits per heavy atom. The van der Waals surface area contributed by atoms with Gasteiger partial charge >= 0.3 is 0 Å². The van der Waals surface area contributed by atoms with Crippen LogP contribution < -0.4 is 0 Å². The van der Waals surface area contributed by atoms with Crippen molar-refractivity contribution in [1.29, 1.82) is 0 Å². The largest absolute Gasteiger partial charge is 0.494 e. The van der Waals surface area contributed by atoms with Crippen LogP contribution in [0.1, 0.15) is 46.5 Å². The fraction of sp³-hybridized carbons (Fsp3) is 0.750. The molecule has 2 nitrogen and oxygen atoms in total. The molecular weight excluding hydrogens is 176 g/mol. The van der Waals surface area contributed by atoms with Gasteiger partial charge in [0.1, 0.15) is 11.9 Å². The molecule has 1 unspecified atom stereocenters. The van der Waals surface area contributed by atoms with Crippen LogP contribution in [0.4, 0.5) is 0 Å². The van der Waals surface area contributed by atoms with Crippen molar-refractivity contribution in [2.75, 3.05) is 0 Å². The summed E-state index contributed by atoms with van der Waals surface area (Å²) in [4.78, 5) is 11.2. The third kappa shape index (κ3) is 3.17. The summed E-state index contributed by atoms with van der Waals surface area (Å²) in [5.41, 5.74) is -0.0273. The first kappa shape index (κ1) is 11.3. The zero-order valence-electron chi connectivity index (χ0n) is 9.43. The number of rotatable bonds is 2. The monoisotopic (exact) mass is 196 g/mol. The minimum absolute atomic E-state index is 0.0273. The van der Waals surface area contributed by atoms with Crippen LogP contribution in [0.15, 0.2) is 12.3 Å². The quantitative estimate of drug-likeness (QED) is 0.634. The van der Waals surface area contributed by atoms with Gasteiger partial charge in [-0.2, -0.15) is 0 Å². The molecule has 0 bridgehead atoms. The molecule has 0 radical (unpaired) electrons. The van der Waals surface area contributed by atoms with Crippen molar-refractivity contribution in [3.05, 3.63) is 12.3 Å². The van der Waals surface area contributed by atoms with E-state index >= 15 is 0 Å². The molecule has 2 heteroatoms. The molecule has 1 saturated carbocycles. The molecule has 1 aliphatic rings. The van der Waals surface area contributed by atoms with Gasteiger partial charge in [0, 0.05) is 18.3 Å². The summed E-state index contributed by atoms with van der Waals surface area (Å²) < 4.78 is 5.71. The average molecular weight is 196 g/mol. The SMILES string of the molecule is C=C(OC1CCCC(=O)C1)C(C)(C)C. The minimum atomic E-state index is -0.0273. The van der Waals surface area contributed by atoms with Gasteiger partial charge in [-0.25, -0.2) is 0 Å². The lowest BCUT2D eigenvalue weighted by Gasteiger charge is -2.29. The number of hydrogen-bond acceptors (Lipinski definition) is 2. The Bertz CT molecular complexity index is 235. The van der Waals surface area contributed by atoms with Gasteiger partial charge in [0.05, 0.1) is 5.76 Å². The van der Waals surface area contributed by atoms with Gasteiger partial charge in [-0.1, -0.05) is 27.4 Å². The molecule has 1 fully saturated rings. The normalized spacial score (nSPS) is 23.4. The first-order valence-corrected chi connectivity index (χ1v) is 5.27. The number of allylic oxidation sites excluding steroid dienone is 1. The lowest BCUT2D eigenvalue weighted by atomic mass is 9.93. The summed E-state index contributed by atoms with van der Waals surface area (Å²) in [6.45, 7) is 10.1. The number of ether oxygens (including phenoxy) is 1. The molecule has 0 aromatic rings. The molecule has 1 rings (SSSR count). The third-order valence-corrected chi connectivity index (χ3v) is 2.58. The highest BCUT2D eigenvalue weighted by atomic mass is 16.5. The average Bonchev–Trinajstić information content (AvgIpc) is 2.02. The summed E-state index contributed by atoms with van der Waals surface area (Å²) in [6.07, 6.45) is 3.31. The second-order valence-electron chi connectivity index (χ2n) is 5.05. The van der Waals surface area contributed by atoms with Crippen LogP contribution in [0.2, 0.25) is 0 Å². The van der Waals surface area contributed by atoms with Crippen molar-refractivity contribution < 1.29 is 9.53 Å². The lowest BCUT2D eigenvalue weighted by molar-refractivity contribution is -0.123. The number of carbonyl (C=O) groups is 1. The van der Waals surface area contributed by atoms with Crippen molar-refractivity contribution in [1.82, 2.24) is 0 Å². The van der Waals surface area contributed by atoms with Gasteiger partial charge in [-0.15, -0.1) is 0 Å². The van der Waals surface area contributed by atoms with E-state index < -0.39 is 0 Å². The Balaban J connectivity index is 2.44. The van der Waals surface area contributed by atoms with Crippen molar-refractivity contribution in [2.24, 2.45) is 5.41 Å². The van der Waals surface area contributed by atoms with Crippen molar-refractivity contribution in [2.45, 2.75) is 52.6 Å². The van der Waals surface area contributed by atoms with Crippen LogP contribution in [0, 0.1) is 5.41 Å². The van der Waals surface area contributed by atoms with Crippen LogP contribution >= 0.6 is 0 Å². The van der Waals surface area contributed by atoms with Crippen LogP contribution in [-0.4, -0.2) is 11.9 Å². The molecule has 0 spiro atoms. The topological polar surface area (TPSA) is 26.3 Å². The summed E-state index contributed by atoms with van der Waals surface area (Å²) in [5, 5.41) is 0. The van der Waals surface area contributed by atoms with E-state index in [1.165, 1.54) is 0 Å². The molecule has 0 heterocycles. The summed E-state index contributed by atoms with van der Waals surface area (Å²) in [6, 6.07) is 0. The second kappa shape index (κ2) is 4.16. The maximum atomic E-state index is 11.2. The molecular formula is C12H20O2. The fourth-order valence-electron chi connectivity index (χ4n) is 1.46. The van der Waals surface area contributed by atoms with Gasteiger partial charge < -0.3 is 4.74 Å². The zero-order chi connectivity index (χ0) is 10.8. The van der Waals surface area contributed by atoms with Crippen LogP contribution in [0.25, 0.3) is 0 Å². The minimum Gasteiger partial charge on any atom is -0.494 e. The summed E-state index contributed by atoms with van der Waals surface area (Å²) in [5.74, 6) is 1.11. The van der Waals surface area contributed by atoms with Crippen LogP contribution in [0.3, 0.4) is 0 Å². The molecule has 1 atom stereocenters. The van der Waals surface area contributed by atoms with Gasteiger partial charge in [0.25, 0.3) is 0 Å². The predicted molar refractivity (Wildman–Crippen MR) is 56.9 cm³/mol. The summed E-state index contributed by atoms with van der Waals surface area (Å²) in [7, 11) is 0. The van der Waals surface area contributed by atoms with Crippen LogP contribution in [0.5, 0.6) is 0 Å². The Morgan fingerprint density at radius 3 is 2.64 bits per heavy atom. The zero-order valence-corrected chi connectivity index (χ0v) is 9.43. The number of ketones is 1. The van der Waals surface area contributed by atoms with E-state index in [9.17, 15) is 4.79 Å². The van der Waals surface area contributed by atoms with E-state index in [-0.39, 0.29) is 11.5 Å². The smallest absolute Gasteiger partial charge is 0.136 e. The van der Waals surface area contributed by atoms with Gasteiger partial charge in [-0.3, -0.25) is 4.79 Å². The van der Waals surface area contributed by atoms with E-state index in [1.807, 2.05) is 0 Å². The lowest BCUT2D eigenvalue weighted by Crippen LogP contribution is -2.25. The Hall–Kier alpha value is -0.790. The van der Waals surface area contributed by atoms with Crippen molar-refractivity contribution in [3.63, 3.8) is 0 Å². The molecule has 1 aliphatic carbocycles. The highest BCUT2D eigenvalue weighted by Crippen LogP contribution is 2.29.